The molecule has 2 aliphatic rings. The third-order valence-corrected chi connectivity index (χ3v) is 5.13. The summed E-state index contributed by atoms with van der Waals surface area (Å²) in [5.41, 5.74) is 0.998. The molecule has 1 saturated carbocycles. The first kappa shape index (κ1) is 17.0. The van der Waals surface area contributed by atoms with Crippen molar-refractivity contribution in [2.75, 3.05) is 6.54 Å². The monoisotopic (exact) mass is 348 g/mol. The average molecular weight is 349 g/mol. The number of benzene rings is 1. The number of rotatable bonds is 4. The molecule has 0 bridgehead atoms. The van der Waals surface area contributed by atoms with Crippen molar-refractivity contribution in [2.45, 2.75) is 45.1 Å². The van der Waals surface area contributed by atoms with Gasteiger partial charge in [0.15, 0.2) is 0 Å². The fourth-order valence-electron chi connectivity index (χ4n) is 3.54. The summed E-state index contributed by atoms with van der Waals surface area (Å²) in [6.45, 7) is 2.41. The number of amides is 4. The molecule has 1 saturated heterocycles. The second-order valence-electron chi connectivity index (χ2n) is 6.72. The molecule has 1 aliphatic heterocycles. The first-order valence-corrected chi connectivity index (χ1v) is 8.74. The van der Waals surface area contributed by atoms with Crippen molar-refractivity contribution >= 4 is 29.4 Å². The minimum Gasteiger partial charge on any atom is -0.274 e. The highest BCUT2D eigenvalue weighted by molar-refractivity contribution is 6.30. The molecule has 1 aliphatic carbocycles. The van der Waals surface area contributed by atoms with Gasteiger partial charge < -0.3 is 0 Å². The summed E-state index contributed by atoms with van der Waals surface area (Å²) in [5.74, 6) is -0.246. The van der Waals surface area contributed by atoms with E-state index in [1.165, 1.54) is 9.80 Å². The summed E-state index contributed by atoms with van der Waals surface area (Å²) in [7, 11) is 0. The Balaban J connectivity index is 1.69. The van der Waals surface area contributed by atoms with E-state index >= 15 is 0 Å². The summed E-state index contributed by atoms with van der Waals surface area (Å²) in [6.07, 6.45) is 3.02. The van der Waals surface area contributed by atoms with E-state index in [4.69, 9.17) is 11.6 Å². The maximum atomic E-state index is 12.7. The fourth-order valence-corrected chi connectivity index (χ4v) is 3.66. The van der Waals surface area contributed by atoms with E-state index in [1.807, 2.05) is 12.1 Å². The van der Waals surface area contributed by atoms with Gasteiger partial charge in [-0.05, 0) is 49.3 Å². The number of carbonyl (C=O) groups is 3. The third-order valence-electron chi connectivity index (χ3n) is 4.88. The zero-order valence-corrected chi connectivity index (χ0v) is 14.5. The van der Waals surface area contributed by atoms with Gasteiger partial charge in [0.1, 0.15) is 6.42 Å². The molecule has 24 heavy (non-hydrogen) atoms. The predicted molar refractivity (Wildman–Crippen MR) is 90.5 cm³/mol. The summed E-state index contributed by atoms with van der Waals surface area (Å²) < 4.78 is 0. The van der Waals surface area contributed by atoms with Crippen molar-refractivity contribution in [1.29, 1.82) is 0 Å². The van der Waals surface area contributed by atoms with Crippen molar-refractivity contribution in [3.8, 4) is 0 Å². The van der Waals surface area contributed by atoms with Crippen LogP contribution in [-0.4, -0.2) is 40.2 Å². The van der Waals surface area contributed by atoms with E-state index in [0.29, 0.717) is 17.4 Å². The molecule has 0 N–H and O–H groups in total. The van der Waals surface area contributed by atoms with Gasteiger partial charge in [-0.2, -0.15) is 0 Å². The molecule has 1 aromatic carbocycles. The van der Waals surface area contributed by atoms with E-state index < -0.39 is 11.9 Å². The minimum absolute atomic E-state index is 0.0638. The maximum absolute atomic E-state index is 12.7. The van der Waals surface area contributed by atoms with Crippen LogP contribution in [0.25, 0.3) is 0 Å². The van der Waals surface area contributed by atoms with Gasteiger partial charge in [-0.3, -0.25) is 19.4 Å². The number of barbiturate groups is 1. The van der Waals surface area contributed by atoms with Crippen LogP contribution in [0.1, 0.15) is 38.2 Å². The van der Waals surface area contributed by atoms with Gasteiger partial charge in [-0.15, -0.1) is 0 Å². The van der Waals surface area contributed by atoms with Crippen molar-refractivity contribution in [3.63, 3.8) is 0 Å². The number of urea groups is 1. The summed E-state index contributed by atoms with van der Waals surface area (Å²) in [5, 5.41) is 0.649. The van der Waals surface area contributed by atoms with Gasteiger partial charge in [0.2, 0.25) is 11.8 Å². The molecule has 0 spiro atoms. The van der Waals surface area contributed by atoms with E-state index in [-0.39, 0.29) is 24.9 Å². The zero-order valence-electron chi connectivity index (χ0n) is 13.7. The minimum atomic E-state index is -0.454. The first-order chi connectivity index (χ1) is 11.5. The fraction of sp³-hybridized carbons (Fsp3) is 0.500. The van der Waals surface area contributed by atoms with Crippen LogP contribution in [0, 0.1) is 5.92 Å². The van der Waals surface area contributed by atoms with Crippen molar-refractivity contribution in [3.05, 3.63) is 34.9 Å². The summed E-state index contributed by atoms with van der Waals surface area (Å²) >= 11 is 5.86. The highest BCUT2D eigenvalue weighted by Crippen LogP contribution is 2.31. The van der Waals surface area contributed by atoms with Gasteiger partial charge in [0, 0.05) is 17.6 Å². The van der Waals surface area contributed by atoms with Crippen LogP contribution < -0.4 is 0 Å². The van der Waals surface area contributed by atoms with Gasteiger partial charge in [-0.1, -0.05) is 30.7 Å². The molecule has 128 valence electrons. The Bertz CT molecular complexity index is 659. The molecule has 2 atom stereocenters. The summed E-state index contributed by atoms with van der Waals surface area (Å²) in [4.78, 5) is 39.6. The Kier molecular flexibility index (Phi) is 4.90. The first-order valence-electron chi connectivity index (χ1n) is 8.36. The van der Waals surface area contributed by atoms with Crippen LogP contribution in [0.15, 0.2) is 24.3 Å². The number of imide groups is 2. The Hall–Kier alpha value is -1.88. The second-order valence-corrected chi connectivity index (χ2v) is 7.15. The molecule has 1 heterocycles. The number of nitrogens with zero attached hydrogens (tertiary/aromatic N) is 2. The van der Waals surface area contributed by atoms with Crippen LogP contribution in [0.5, 0.6) is 0 Å². The lowest BCUT2D eigenvalue weighted by Crippen LogP contribution is -2.58. The summed E-state index contributed by atoms with van der Waals surface area (Å²) in [6, 6.07) is 6.81. The van der Waals surface area contributed by atoms with E-state index in [2.05, 4.69) is 6.92 Å². The smallest absolute Gasteiger partial charge is 0.274 e. The van der Waals surface area contributed by atoms with E-state index in [9.17, 15) is 14.4 Å². The molecular weight excluding hydrogens is 328 g/mol. The van der Waals surface area contributed by atoms with Crippen molar-refractivity contribution in [2.24, 2.45) is 5.92 Å². The maximum Gasteiger partial charge on any atom is 0.333 e. The lowest BCUT2D eigenvalue weighted by Gasteiger charge is -2.36. The zero-order chi connectivity index (χ0) is 17.3. The number of hydrogen-bond donors (Lipinski definition) is 0. The average Bonchev–Trinajstić information content (AvgIpc) is 2.94. The normalized spacial score (nSPS) is 24.8. The highest BCUT2D eigenvalue weighted by Gasteiger charge is 2.42. The quantitative estimate of drug-likeness (QED) is 0.785. The Labute approximate surface area is 146 Å². The largest absolute Gasteiger partial charge is 0.333 e. The predicted octanol–water partition coefficient (Wildman–Crippen LogP) is 3.25. The Morgan fingerprint density at radius 3 is 2.42 bits per heavy atom. The molecule has 4 amide bonds. The van der Waals surface area contributed by atoms with Gasteiger partial charge in [0.05, 0.1) is 0 Å². The molecule has 3 rings (SSSR count). The second kappa shape index (κ2) is 6.93. The SMILES string of the molecule is CC1CCC(N2C(=O)CC(=O)N(CCc3ccc(Cl)cc3)C2=O)C1. The Morgan fingerprint density at radius 2 is 1.79 bits per heavy atom. The molecule has 0 radical (unpaired) electrons. The number of halogens is 1. The molecule has 0 aromatic heterocycles. The van der Waals surface area contributed by atoms with Gasteiger partial charge in [0.25, 0.3) is 0 Å². The van der Waals surface area contributed by atoms with E-state index in [0.717, 1.165) is 24.8 Å². The molecule has 2 fully saturated rings. The van der Waals surface area contributed by atoms with Crippen LogP contribution >= 0.6 is 11.6 Å². The number of carbonyl (C=O) groups excluding carboxylic acids is 3. The Morgan fingerprint density at radius 1 is 1.08 bits per heavy atom. The van der Waals surface area contributed by atoms with Crippen LogP contribution in [0.4, 0.5) is 4.79 Å². The molecular formula is C18H21ClN2O3. The van der Waals surface area contributed by atoms with Crippen LogP contribution in [0.2, 0.25) is 5.02 Å². The highest BCUT2D eigenvalue weighted by atomic mass is 35.5. The van der Waals surface area contributed by atoms with E-state index in [1.54, 1.807) is 12.1 Å². The third kappa shape index (κ3) is 3.46. The lowest BCUT2D eigenvalue weighted by molar-refractivity contribution is -0.143. The van der Waals surface area contributed by atoms with Crippen molar-refractivity contribution < 1.29 is 14.4 Å². The molecule has 6 heteroatoms. The van der Waals surface area contributed by atoms with Crippen LogP contribution in [-0.2, 0) is 16.0 Å². The number of hydrogen-bond acceptors (Lipinski definition) is 3. The van der Waals surface area contributed by atoms with Crippen molar-refractivity contribution in [1.82, 2.24) is 9.80 Å². The van der Waals surface area contributed by atoms with Gasteiger partial charge >= 0.3 is 6.03 Å². The molecule has 1 aromatic rings. The lowest BCUT2D eigenvalue weighted by atomic mass is 10.1. The topological polar surface area (TPSA) is 57.7 Å². The molecule has 2 unspecified atom stereocenters. The molecule has 5 nitrogen and oxygen atoms in total. The van der Waals surface area contributed by atoms with Gasteiger partial charge in [-0.25, -0.2) is 4.79 Å². The van der Waals surface area contributed by atoms with Crippen LogP contribution in [0.3, 0.4) is 0 Å². The standard InChI is InChI=1S/C18H21ClN2O3/c1-12-2-7-15(10-12)21-17(23)11-16(22)20(18(21)24)9-8-13-3-5-14(19)6-4-13/h3-6,12,15H,2,7-11H2,1H3.